The fraction of sp³-hybridized carbons (Fsp3) is 0.933. The molecule has 4 nitrogen and oxygen atoms in total. The molecule has 1 aliphatic heterocycles. The second-order valence-corrected chi connectivity index (χ2v) is 6.48. The molecule has 0 bridgehead atoms. The van der Waals surface area contributed by atoms with Gasteiger partial charge in [0.05, 0.1) is 18.2 Å². The third kappa shape index (κ3) is 4.09. The Balaban J connectivity index is 0.00000200. The van der Waals surface area contributed by atoms with Crippen LogP contribution < -0.4 is 5.73 Å². The zero-order valence-corrected chi connectivity index (χ0v) is 13.6. The number of rotatable bonds is 2. The predicted molar refractivity (Wildman–Crippen MR) is 83.0 cm³/mol. The molecule has 2 rings (SSSR count). The number of carbonyl (C=O) groups is 1. The Morgan fingerprint density at radius 1 is 1.20 bits per heavy atom. The van der Waals surface area contributed by atoms with Crippen molar-refractivity contribution < 1.29 is 9.53 Å². The molecule has 118 valence electrons. The number of hydrogen-bond acceptors (Lipinski definition) is 3. The van der Waals surface area contributed by atoms with Gasteiger partial charge in [-0.05, 0) is 18.8 Å². The maximum atomic E-state index is 12.4. The van der Waals surface area contributed by atoms with Crippen LogP contribution in [0.1, 0.15) is 52.4 Å². The lowest BCUT2D eigenvalue weighted by atomic mass is 9.91. The molecule has 1 amide bonds. The van der Waals surface area contributed by atoms with Gasteiger partial charge in [-0.1, -0.05) is 39.5 Å². The van der Waals surface area contributed by atoms with E-state index in [1.807, 2.05) is 18.7 Å². The zero-order valence-electron chi connectivity index (χ0n) is 12.8. The molecule has 0 aromatic rings. The Labute approximate surface area is 128 Å². The minimum absolute atomic E-state index is 0. The van der Waals surface area contributed by atoms with Gasteiger partial charge >= 0.3 is 0 Å². The Bertz CT molecular complexity index is 315. The lowest BCUT2D eigenvalue weighted by molar-refractivity contribution is -0.155. The number of carbonyl (C=O) groups excluding carboxylic acids is 1. The minimum Gasteiger partial charge on any atom is -0.371 e. The second-order valence-electron chi connectivity index (χ2n) is 6.48. The first-order valence-corrected chi connectivity index (χ1v) is 7.72. The highest BCUT2D eigenvalue weighted by molar-refractivity contribution is 5.85. The van der Waals surface area contributed by atoms with Crippen molar-refractivity contribution in [2.75, 3.05) is 19.7 Å². The van der Waals surface area contributed by atoms with E-state index in [9.17, 15) is 4.79 Å². The van der Waals surface area contributed by atoms with Crippen molar-refractivity contribution in [3.05, 3.63) is 0 Å². The molecular weight excluding hydrogens is 276 g/mol. The van der Waals surface area contributed by atoms with Gasteiger partial charge < -0.3 is 15.4 Å². The third-order valence-electron chi connectivity index (χ3n) is 4.58. The van der Waals surface area contributed by atoms with Gasteiger partial charge in [-0.15, -0.1) is 12.4 Å². The molecule has 2 aliphatic rings. The SMILES string of the molecule is CC(C)[C@H](N)C(=O)N1CCOC2(CCCCCC2)C1.Cl. The van der Waals surface area contributed by atoms with E-state index in [1.54, 1.807) is 0 Å². The van der Waals surface area contributed by atoms with E-state index in [-0.39, 0.29) is 35.9 Å². The quantitative estimate of drug-likeness (QED) is 0.852. The average molecular weight is 305 g/mol. The number of nitrogens with two attached hydrogens (primary N) is 1. The maximum Gasteiger partial charge on any atom is 0.239 e. The van der Waals surface area contributed by atoms with Crippen molar-refractivity contribution in [2.24, 2.45) is 11.7 Å². The monoisotopic (exact) mass is 304 g/mol. The van der Waals surface area contributed by atoms with E-state index in [0.717, 1.165) is 19.4 Å². The summed E-state index contributed by atoms with van der Waals surface area (Å²) in [5.74, 6) is 0.294. The highest BCUT2D eigenvalue weighted by Crippen LogP contribution is 2.33. The van der Waals surface area contributed by atoms with Crippen molar-refractivity contribution in [3.8, 4) is 0 Å². The number of halogens is 1. The van der Waals surface area contributed by atoms with Gasteiger partial charge in [0.1, 0.15) is 0 Å². The largest absolute Gasteiger partial charge is 0.371 e. The van der Waals surface area contributed by atoms with Crippen LogP contribution in [0.2, 0.25) is 0 Å². The van der Waals surface area contributed by atoms with Crippen molar-refractivity contribution in [3.63, 3.8) is 0 Å². The van der Waals surface area contributed by atoms with Gasteiger partial charge in [0, 0.05) is 13.1 Å². The van der Waals surface area contributed by atoms with Crippen LogP contribution in [0.5, 0.6) is 0 Å². The van der Waals surface area contributed by atoms with Crippen LogP contribution in [0.3, 0.4) is 0 Å². The molecule has 0 aromatic carbocycles. The van der Waals surface area contributed by atoms with E-state index < -0.39 is 0 Å². The summed E-state index contributed by atoms with van der Waals surface area (Å²) >= 11 is 0. The van der Waals surface area contributed by atoms with Crippen LogP contribution in [-0.4, -0.2) is 42.1 Å². The molecule has 2 N–H and O–H groups in total. The summed E-state index contributed by atoms with van der Waals surface area (Å²) < 4.78 is 6.07. The molecule has 1 aliphatic carbocycles. The number of nitrogens with zero attached hydrogens (tertiary/aromatic N) is 1. The molecule has 1 atom stereocenters. The Hall–Kier alpha value is -0.320. The maximum absolute atomic E-state index is 12.4. The first kappa shape index (κ1) is 17.7. The van der Waals surface area contributed by atoms with Crippen LogP contribution in [0.4, 0.5) is 0 Å². The van der Waals surface area contributed by atoms with Gasteiger partial charge in [-0.25, -0.2) is 0 Å². The van der Waals surface area contributed by atoms with Gasteiger partial charge in [0.25, 0.3) is 0 Å². The first-order valence-electron chi connectivity index (χ1n) is 7.72. The van der Waals surface area contributed by atoms with Gasteiger partial charge in [0.15, 0.2) is 0 Å². The number of ether oxygens (including phenoxy) is 1. The topological polar surface area (TPSA) is 55.6 Å². The smallest absolute Gasteiger partial charge is 0.239 e. The third-order valence-corrected chi connectivity index (χ3v) is 4.58. The predicted octanol–water partition coefficient (Wildman–Crippen LogP) is 2.34. The van der Waals surface area contributed by atoms with E-state index in [1.165, 1.54) is 25.7 Å². The van der Waals surface area contributed by atoms with Crippen LogP contribution in [-0.2, 0) is 9.53 Å². The van der Waals surface area contributed by atoms with Crippen molar-refractivity contribution >= 4 is 18.3 Å². The number of morpholine rings is 1. The number of hydrogen-bond donors (Lipinski definition) is 1. The summed E-state index contributed by atoms with van der Waals surface area (Å²) in [5.41, 5.74) is 5.93. The van der Waals surface area contributed by atoms with Crippen LogP contribution in [0.15, 0.2) is 0 Å². The summed E-state index contributed by atoms with van der Waals surface area (Å²) in [6.07, 6.45) is 7.22. The Morgan fingerprint density at radius 2 is 1.80 bits per heavy atom. The first-order chi connectivity index (χ1) is 9.04. The van der Waals surface area contributed by atoms with Gasteiger partial charge in [-0.3, -0.25) is 4.79 Å². The van der Waals surface area contributed by atoms with Gasteiger partial charge in [-0.2, -0.15) is 0 Å². The molecule has 1 spiro atoms. The van der Waals surface area contributed by atoms with Crippen LogP contribution in [0, 0.1) is 5.92 Å². The van der Waals surface area contributed by atoms with E-state index in [4.69, 9.17) is 10.5 Å². The van der Waals surface area contributed by atoms with Crippen molar-refractivity contribution in [1.29, 1.82) is 0 Å². The van der Waals surface area contributed by atoms with Crippen LogP contribution in [0.25, 0.3) is 0 Å². The molecule has 1 saturated heterocycles. The molecule has 1 saturated carbocycles. The molecule has 0 radical (unpaired) electrons. The fourth-order valence-electron chi connectivity index (χ4n) is 3.20. The molecule has 2 fully saturated rings. The summed E-state index contributed by atoms with van der Waals surface area (Å²) in [4.78, 5) is 14.3. The highest BCUT2D eigenvalue weighted by Gasteiger charge is 2.39. The lowest BCUT2D eigenvalue weighted by Crippen LogP contribution is -2.57. The van der Waals surface area contributed by atoms with E-state index in [2.05, 4.69) is 0 Å². The highest BCUT2D eigenvalue weighted by atomic mass is 35.5. The fourth-order valence-corrected chi connectivity index (χ4v) is 3.20. The summed E-state index contributed by atoms with van der Waals surface area (Å²) in [7, 11) is 0. The van der Waals surface area contributed by atoms with Gasteiger partial charge in [0.2, 0.25) is 5.91 Å². The lowest BCUT2D eigenvalue weighted by Gasteiger charge is -2.43. The zero-order chi connectivity index (χ0) is 13.9. The summed E-state index contributed by atoms with van der Waals surface area (Å²) in [6.45, 7) is 6.11. The molecule has 1 heterocycles. The normalized spacial score (nSPS) is 24.1. The number of amides is 1. The standard InChI is InChI=1S/C15H28N2O2.ClH/c1-12(2)13(16)14(18)17-9-10-19-15(11-17)7-5-3-4-6-8-15;/h12-13H,3-11,16H2,1-2H3;1H/t13-;/m0./s1. The molecule has 5 heteroatoms. The second kappa shape index (κ2) is 7.62. The average Bonchev–Trinajstić information content (AvgIpc) is 2.62. The molecule has 0 aromatic heterocycles. The molecule has 20 heavy (non-hydrogen) atoms. The van der Waals surface area contributed by atoms with E-state index in [0.29, 0.717) is 13.2 Å². The summed E-state index contributed by atoms with van der Waals surface area (Å²) in [6, 6.07) is -0.374. The molecular formula is C15H29ClN2O2. The van der Waals surface area contributed by atoms with Crippen molar-refractivity contribution in [2.45, 2.75) is 64.0 Å². The van der Waals surface area contributed by atoms with Crippen molar-refractivity contribution in [1.82, 2.24) is 4.90 Å². The Kier molecular flexibility index (Phi) is 6.76. The summed E-state index contributed by atoms with van der Waals surface area (Å²) in [5, 5.41) is 0. The van der Waals surface area contributed by atoms with E-state index >= 15 is 0 Å². The van der Waals surface area contributed by atoms with Crippen LogP contribution >= 0.6 is 12.4 Å². The minimum atomic E-state index is -0.374. The molecule has 0 unspecified atom stereocenters. The Morgan fingerprint density at radius 3 is 2.35 bits per heavy atom.